The van der Waals surface area contributed by atoms with Crippen LogP contribution in [0.4, 0.5) is 5.82 Å². The van der Waals surface area contributed by atoms with E-state index in [1.54, 1.807) is 0 Å². The van der Waals surface area contributed by atoms with E-state index in [2.05, 4.69) is 9.82 Å². The van der Waals surface area contributed by atoms with Gasteiger partial charge in [-0.2, -0.15) is 13.1 Å². The van der Waals surface area contributed by atoms with Crippen LogP contribution < -0.4 is 10.5 Å². The number of halogens is 1. The first-order chi connectivity index (χ1) is 5.47. The molecule has 0 spiro atoms. The first-order valence-corrected chi connectivity index (χ1v) is 4.74. The van der Waals surface area contributed by atoms with Crippen molar-refractivity contribution in [3.05, 3.63) is 11.2 Å². The van der Waals surface area contributed by atoms with Gasteiger partial charge in [-0.15, -0.1) is 9.19 Å². The van der Waals surface area contributed by atoms with Gasteiger partial charge in [-0.3, -0.25) is 0 Å². The fourth-order valence-electron chi connectivity index (χ4n) is 0.563. The molecule has 0 unspecified atom stereocenters. The second-order valence-corrected chi connectivity index (χ2v) is 4.08. The zero-order valence-electron chi connectivity index (χ0n) is 6.15. The molecule has 6 nitrogen and oxygen atoms in total. The van der Waals surface area contributed by atoms with Gasteiger partial charge in [-0.25, -0.2) is 0 Å². The summed E-state index contributed by atoms with van der Waals surface area (Å²) in [5.74, 6) is -0.0181. The summed E-state index contributed by atoms with van der Waals surface area (Å²) in [6.45, 7) is 0. The fraction of sp³-hybridized carbons (Fsp3) is 0.250. The number of nitrogens with zero attached hydrogens (tertiary/aromatic N) is 2. The summed E-state index contributed by atoms with van der Waals surface area (Å²) < 4.78 is 24.8. The Balaban J connectivity index is 3.22. The summed E-state index contributed by atoms with van der Waals surface area (Å²) in [6, 6.07) is 0. The zero-order valence-corrected chi connectivity index (χ0v) is 7.72. The average Bonchev–Trinajstić information content (AvgIpc) is 2.33. The van der Waals surface area contributed by atoms with Crippen molar-refractivity contribution in [2.45, 2.75) is 0 Å². The summed E-state index contributed by atoms with van der Waals surface area (Å²) in [5.41, 5.74) is 5.24. The Kier molecular flexibility index (Phi) is 2.27. The molecule has 3 N–H and O–H groups in total. The molecule has 0 aliphatic rings. The highest BCUT2D eigenvalue weighted by Crippen LogP contribution is 2.15. The van der Waals surface area contributed by atoms with Crippen LogP contribution in [0.3, 0.4) is 0 Å². The van der Waals surface area contributed by atoms with Crippen LogP contribution in [-0.4, -0.2) is 24.7 Å². The van der Waals surface area contributed by atoms with Gasteiger partial charge in [-0.05, 0) is 0 Å². The molecule has 1 aromatic rings. The van der Waals surface area contributed by atoms with E-state index in [1.807, 2.05) is 0 Å². The lowest BCUT2D eigenvalue weighted by Crippen LogP contribution is -2.26. The molecule has 0 radical (unpaired) electrons. The molecular weight excluding hydrogens is 204 g/mol. The summed E-state index contributed by atoms with van der Waals surface area (Å²) in [6.07, 6.45) is 1.11. The summed E-state index contributed by atoms with van der Waals surface area (Å²) in [5, 5.41) is 3.57. The van der Waals surface area contributed by atoms with Crippen LogP contribution in [0.1, 0.15) is 0 Å². The molecule has 68 valence electrons. The third kappa shape index (κ3) is 1.52. The van der Waals surface area contributed by atoms with E-state index < -0.39 is 10.2 Å². The lowest BCUT2D eigenvalue weighted by Gasteiger charge is -1.98. The number of nitrogen functional groups attached to an aromatic ring is 1. The maximum Gasteiger partial charge on any atom is 0.320 e. The van der Waals surface area contributed by atoms with E-state index in [-0.39, 0.29) is 10.8 Å². The Morgan fingerprint density at radius 1 is 1.75 bits per heavy atom. The van der Waals surface area contributed by atoms with Gasteiger partial charge in [0.15, 0.2) is 5.82 Å². The quantitative estimate of drug-likeness (QED) is 0.684. The predicted molar refractivity (Wildman–Crippen MR) is 45.0 cm³/mol. The Morgan fingerprint density at radius 3 is 2.67 bits per heavy atom. The Labute approximate surface area is 74.5 Å². The van der Waals surface area contributed by atoms with E-state index in [9.17, 15) is 8.42 Å². The lowest BCUT2D eigenvalue weighted by atomic mass is 10.7. The smallest absolute Gasteiger partial charge is 0.320 e. The number of hydrogen-bond acceptors (Lipinski definition) is 4. The van der Waals surface area contributed by atoms with Crippen molar-refractivity contribution < 1.29 is 8.42 Å². The molecule has 0 saturated carbocycles. The predicted octanol–water partition coefficient (Wildman–Crippen LogP) is -0.569. The van der Waals surface area contributed by atoms with Gasteiger partial charge in [-0.1, -0.05) is 11.6 Å². The molecule has 0 bridgehead atoms. The maximum absolute atomic E-state index is 11.0. The molecule has 0 saturated heterocycles. The first-order valence-electron chi connectivity index (χ1n) is 2.92. The molecule has 0 atom stereocenters. The number of anilines is 1. The summed E-state index contributed by atoms with van der Waals surface area (Å²) >= 11 is 5.49. The lowest BCUT2D eigenvalue weighted by molar-refractivity contribution is 0.572. The van der Waals surface area contributed by atoms with Gasteiger partial charge >= 0.3 is 10.2 Å². The van der Waals surface area contributed by atoms with Crippen LogP contribution in [0.15, 0.2) is 6.20 Å². The molecule has 8 heteroatoms. The van der Waals surface area contributed by atoms with E-state index >= 15 is 0 Å². The number of nitrogens with one attached hydrogen (secondary N) is 1. The molecule has 1 heterocycles. The molecule has 0 fully saturated rings. The Bertz CT molecular complexity index is 364. The van der Waals surface area contributed by atoms with E-state index in [1.165, 1.54) is 7.05 Å². The Morgan fingerprint density at radius 2 is 2.33 bits per heavy atom. The second-order valence-electron chi connectivity index (χ2n) is 1.94. The molecule has 12 heavy (non-hydrogen) atoms. The highest BCUT2D eigenvalue weighted by Gasteiger charge is 2.13. The van der Waals surface area contributed by atoms with Crippen molar-refractivity contribution in [2.24, 2.45) is 0 Å². The highest BCUT2D eigenvalue weighted by molar-refractivity contribution is 7.87. The van der Waals surface area contributed by atoms with Gasteiger partial charge in [0.25, 0.3) is 0 Å². The summed E-state index contributed by atoms with van der Waals surface area (Å²) in [4.78, 5) is 0. The van der Waals surface area contributed by atoms with Crippen molar-refractivity contribution in [3.63, 3.8) is 0 Å². The largest absolute Gasteiger partial charge is 0.381 e. The Hall–Kier alpha value is -0.790. The third-order valence-electron chi connectivity index (χ3n) is 1.18. The monoisotopic (exact) mass is 210 g/mol. The molecule has 1 rings (SSSR count). The van der Waals surface area contributed by atoms with Crippen LogP contribution in [-0.2, 0) is 10.2 Å². The van der Waals surface area contributed by atoms with E-state index in [0.29, 0.717) is 4.09 Å². The van der Waals surface area contributed by atoms with Crippen molar-refractivity contribution in [1.29, 1.82) is 0 Å². The standard InChI is InChI=1S/C4H7ClN4O2S/c1-7-12(10,11)9-2-3(5)4(6)8-9/h2,7H,1H3,(H2,6,8). The molecular formula is C4H7ClN4O2S. The SMILES string of the molecule is CNS(=O)(=O)n1cc(Cl)c(N)n1. The van der Waals surface area contributed by atoms with Crippen molar-refractivity contribution in [3.8, 4) is 0 Å². The van der Waals surface area contributed by atoms with Gasteiger partial charge < -0.3 is 5.73 Å². The van der Waals surface area contributed by atoms with Crippen molar-refractivity contribution in [2.75, 3.05) is 12.8 Å². The van der Waals surface area contributed by atoms with Crippen LogP contribution in [0.5, 0.6) is 0 Å². The topological polar surface area (TPSA) is 90.0 Å². The van der Waals surface area contributed by atoms with Gasteiger partial charge in [0.2, 0.25) is 0 Å². The van der Waals surface area contributed by atoms with Crippen LogP contribution in [0, 0.1) is 0 Å². The molecule has 1 aromatic heterocycles. The van der Waals surface area contributed by atoms with Gasteiger partial charge in [0.1, 0.15) is 5.02 Å². The van der Waals surface area contributed by atoms with Crippen LogP contribution in [0.25, 0.3) is 0 Å². The number of rotatable bonds is 2. The number of hydrogen-bond donors (Lipinski definition) is 2. The molecule has 0 aliphatic heterocycles. The highest BCUT2D eigenvalue weighted by atomic mass is 35.5. The van der Waals surface area contributed by atoms with E-state index in [0.717, 1.165) is 6.20 Å². The first kappa shape index (κ1) is 9.30. The van der Waals surface area contributed by atoms with Gasteiger partial charge in [0.05, 0.1) is 6.20 Å². The minimum atomic E-state index is -3.61. The van der Waals surface area contributed by atoms with Crippen LogP contribution >= 0.6 is 11.6 Å². The normalized spacial score (nSPS) is 11.8. The molecule has 0 aliphatic carbocycles. The second kappa shape index (κ2) is 2.92. The van der Waals surface area contributed by atoms with Crippen LogP contribution in [0.2, 0.25) is 5.02 Å². The third-order valence-corrected chi connectivity index (χ3v) is 2.67. The zero-order chi connectivity index (χ0) is 9.35. The minimum Gasteiger partial charge on any atom is -0.381 e. The van der Waals surface area contributed by atoms with Crippen molar-refractivity contribution in [1.82, 2.24) is 13.9 Å². The fourth-order valence-corrected chi connectivity index (χ4v) is 1.38. The summed E-state index contributed by atoms with van der Waals surface area (Å²) in [7, 11) is -2.34. The van der Waals surface area contributed by atoms with Crippen molar-refractivity contribution >= 4 is 27.6 Å². The maximum atomic E-state index is 11.0. The average molecular weight is 211 g/mol. The van der Waals surface area contributed by atoms with E-state index in [4.69, 9.17) is 17.3 Å². The van der Waals surface area contributed by atoms with Gasteiger partial charge in [0, 0.05) is 7.05 Å². The number of aromatic nitrogens is 2. The molecule has 0 amide bonds. The minimum absolute atomic E-state index is 0.0181. The molecule has 0 aromatic carbocycles. The number of nitrogens with two attached hydrogens (primary N) is 1.